The van der Waals surface area contributed by atoms with Crippen molar-refractivity contribution in [3.8, 4) is 5.75 Å². The van der Waals surface area contributed by atoms with Crippen molar-refractivity contribution in [3.05, 3.63) is 77.0 Å². The van der Waals surface area contributed by atoms with Crippen LogP contribution in [0.3, 0.4) is 0 Å². The van der Waals surface area contributed by atoms with Gasteiger partial charge in [-0.15, -0.1) is 0 Å². The van der Waals surface area contributed by atoms with E-state index in [4.69, 9.17) is 19.0 Å². The first-order chi connectivity index (χ1) is 13.8. The molecule has 1 unspecified atom stereocenters. The van der Waals surface area contributed by atoms with Crippen LogP contribution in [0, 0.1) is 0 Å². The zero-order chi connectivity index (χ0) is 20.6. The van der Waals surface area contributed by atoms with E-state index in [9.17, 15) is 4.79 Å². The fourth-order valence-electron chi connectivity index (χ4n) is 4.50. The summed E-state index contributed by atoms with van der Waals surface area (Å²) < 4.78 is 17.2. The van der Waals surface area contributed by atoms with Gasteiger partial charge in [-0.05, 0) is 74.6 Å². The van der Waals surface area contributed by atoms with Crippen molar-refractivity contribution in [1.29, 1.82) is 0 Å². The first kappa shape index (κ1) is 19.4. The van der Waals surface area contributed by atoms with E-state index < -0.39 is 5.97 Å². The minimum absolute atomic E-state index is 0.0837. The second-order valence-corrected chi connectivity index (χ2v) is 8.54. The molecule has 1 aromatic carbocycles. The van der Waals surface area contributed by atoms with Gasteiger partial charge in [0.1, 0.15) is 29.5 Å². The zero-order valence-corrected chi connectivity index (χ0v) is 17.0. The number of ether oxygens (including phenoxy) is 2. The molecule has 2 heterocycles. The van der Waals surface area contributed by atoms with Crippen LogP contribution in [0.1, 0.15) is 61.9 Å². The van der Waals surface area contributed by atoms with E-state index in [1.807, 2.05) is 12.1 Å². The average molecular weight is 394 g/mol. The first-order valence-electron chi connectivity index (χ1n) is 9.91. The smallest absolute Gasteiger partial charge is 0.371 e. The third-order valence-corrected chi connectivity index (χ3v) is 5.70. The van der Waals surface area contributed by atoms with Crippen LogP contribution in [0.5, 0.6) is 5.75 Å². The summed E-state index contributed by atoms with van der Waals surface area (Å²) in [6.07, 6.45) is 7.27. The van der Waals surface area contributed by atoms with Crippen molar-refractivity contribution < 1.29 is 23.8 Å². The van der Waals surface area contributed by atoms with E-state index in [-0.39, 0.29) is 23.4 Å². The lowest BCUT2D eigenvalue weighted by Crippen LogP contribution is -2.42. The van der Waals surface area contributed by atoms with Crippen molar-refractivity contribution in [2.75, 3.05) is 0 Å². The first-order valence-corrected chi connectivity index (χ1v) is 9.91. The van der Waals surface area contributed by atoms with Gasteiger partial charge < -0.3 is 19.0 Å². The maximum absolute atomic E-state index is 10.9. The molecule has 1 aromatic heterocycles. The Kier molecular flexibility index (Phi) is 4.77. The quantitative estimate of drug-likeness (QED) is 0.713. The highest BCUT2D eigenvalue weighted by molar-refractivity contribution is 5.84. The molecular weight excluding hydrogens is 368 g/mol. The molecule has 1 N–H and O–H groups in total. The van der Waals surface area contributed by atoms with Crippen LogP contribution in [-0.2, 0) is 16.8 Å². The Balaban J connectivity index is 1.53. The number of hydrogen-bond donors (Lipinski definition) is 1. The van der Waals surface area contributed by atoms with Crippen LogP contribution in [0.15, 0.2) is 64.3 Å². The van der Waals surface area contributed by atoms with Crippen molar-refractivity contribution in [2.45, 2.75) is 57.7 Å². The SMILES string of the molecule is CC1(C)CC(C)(c2ccc(OCc3ccc(C(=O)O)o3)cc2)C2=C(C=CCC2)O1. The highest BCUT2D eigenvalue weighted by Crippen LogP contribution is 2.49. The van der Waals surface area contributed by atoms with E-state index in [1.54, 1.807) is 6.07 Å². The number of carboxylic acid groups (broad SMARTS) is 1. The molecule has 0 spiro atoms. The number of hydrogen-bond acceptors (Lipinski definition) is 4. The Morgan fingerprint density at radius 3 is 2.59 bits per heavy atom. The molecule has 4 rings (SSSR count). The van der Waals surface area contributed by atoms with Gasteiger partial charge >= 0.3 is 5.97 Å². The van der Waals surface area contributed by atoms with Crippen LogP contribution in [0.4, 0.5) is 0 Å². The number of carboxylic acids is 1. The van der Waals surface area contributed by atoms with Crippen LogP contribution in [0.2, 0.25) is 0 Å². The van der Waals surface area contributed by atoms with Crippen molar-refractivity contribution in [2.24, 2.45) is 0 Å². The van der Waals surface area contributed by atoms with E-state index in [1.165, 1.54) is 17.2 Å². The van der Waals surface area contributed by atoms with Gasteiger partial charge in [0.25, 0.3) is 0 Å². The van der Waals surface area contributed by atoms with E-state index in [2.05, 4.69) is 45.1 Å². The largest absolute Gasteiger partial charge is 0.488 e. The maximum Gasteiger partial charge on any atom is 0.371 e. The summed E-state index contributed by atoms with van der Waals surface area (Å²) in [6, 6.07) is 11.2. The molecule has 5 heteroatoms. The molecule has 0 bridgehead atoms. The summed E-state index contributed by atoms with van der Waals surface area (Å²) in [5, 5.41) is 8.93. The second-order valence-electron chi connectivity index (χ2n) is 8.54. The summed E-state index contributed by atoms with van der Waals surface area (Å²) in [5.74, 6) is 1.05. The molecule has 2 aromatic rings. The molecule has 152 valence electrons. The lowest BCUT2D eigenvalue weighted by Gasteiger charge is -2.46. The summed E-state index contributed by atoms with van der Waals surface area (Å²) in [5.41, 5.74) is 2.29. The number of benzene rings is 1. The standard InChI is InChI=1S/C24H26O5/c1-23(2)15-24(3,19-6-4-5-7-20(19)29-23)16-8-10-17(11-9-16)27-14-18-12-13-21(28-18)22(25)26/h5,7-13H,4,6,14-15H2,1-3H3,(H,25,26). The fraction of sp³-hybridized carbons (Fsp3) is 0.375. The lowest BCUT2D eigenvalue weighted by atomic mass is 9.65. The van der Waals surface area contributed by atoms with Gasteiger partial charge in [0, 0.05) is 5.41 Å². The number of allylic oxidation sites excluding steroid dienone is 3. The monoisotopic (exact) mass is 394 g/mol. The van der Waals surface area contributed by atoms with Crippen LogP contribution < -0.4 is 4.74 Å². The van der Waals surface area contributed by atoms with E-state index in [0.29, 0.717) is 5.76 Å². The molecule has 1 aliphatic heterocycles. The third kappa shape index (κ3) is 3.82. The minimum Gasteiger partial charge on any atom is -0.488 e. The highest BCUT2D eigenvalue weighted by atomic mass is 16.5. The molecule has 1 atom stereocenters. The normalized spacial score (nSPS) is 22.7. The summed E-state index contributed by atoms with van der Waals surface area (Å²) in [4.78, 5) is 10.9. The number of carbonyl (C=O) groups is 1. The fourth-order valence-corrected chi connectivity index (χ4v) is 4.50. The highest BCUT2D eigenvalue weighted by Gasteiger charge is 2.44. The molecule has 0 fully saturated rings. The summed E-state index contributed by atoms with van der Waals surface area (Å²) in [7, 11) is 0. The number of aromatic carboxylic acids is 1. The molecule has 0 saturated heterocycles. The van der Waals surface area contributed by atoms with E-state index >= 15 is 0 Å². The van der Waals surface area contributed by atoms with Gasteiger partial charge in [0.05, 0.1) is 0 Å². The molecule has 5 nitrogen and oxygen atoms in total. The summed E-state index contributed by atoms with van der Waals surface area (Å²) in [6.45, 7) is 6.77. The van der Waals surface area contributed by atoms with Crippen LogP contribution in [-0.4, -0.2) is 16.7 Å². The van der Waals surface area contributed by atoms with Gasteiger partial charge in [0.2, 0.25) is 5.76 Å². The van der Waals surface area contributed by atoms with Crippen LogP contribution in [0.25, 0.3) is 0 Å². The van der Waals surface area contributed by atoms with Crippen molar-refractivity contribution in [1.82, 2.24) is 0 Å². The van der Waals surface area contributed by atoms with Gasteiger partial charge in [-0.25, -0.2) is 4.79 Å². The van der Waals surface area contributed by atoms with Gasteiger partial charge in [-0.3, -0.25) is 0 Å². The average Bonchev–Trinajstić information content (AvgIpc) is 3.15. The Morgan fingerprint density at radius 2 is 1.90 bits per heavy atom. The Morgan fingerprint density at radius 1 is 1.14 bits per heavy atom. The molecular formula is C24H26O5. The lowest BCUT2D eigenvalue weighted by molar-refractivity contribution is -0.00352. The molecule has 29 heavy (non-hydrogen) atoms. The van der Waals surface area contributed by atoms with Crippen molar-refractivity contribution >= 4 is 5.97 Å². The molecule has 1 aliphatic carbocycles. The summed E-state index contributed by atoms with van der Waals surface area (Å²) >= 11 is 0. The van der Waals surface area contributed by atoms with E-state index in [0.717, 1.165) is 30.8 Å². The molecule has 0 saturated carbocycles. The minimum atomic E-state index is -1.08. The second kappa shape index (κ2) is 7.14. The molecule has 2 aliphatic rings. The Labute approximate surface area is 170 Å². The predicted molar refractivity (Wildman–Crippen MR) is 109 cm³/mol. The molecule has 0 amide bonds. The van der Waals surface area contributed by atoms with Crippen molar-refractivity contribution in [3.63, 3.8) is 0 Å². The van der Waals surface area contributed by atoms with Gasteiger partial charge in [-0.2, -0.15) is 0 Å². The van der Waals surface area contributed by atoms with Gasteiger partial charge in [0.15, 0.2) is 0 Å². The third-order valence-electron chi connectivity index (χ3n) is 5.70. The topological polar surface area (TPSA) is 68.9 Å². The maximum atomic E-state index is 10.9. The molecule has 0 radical (unpaired) electrons. The Bertz CT molecular complexity index is 977. The zero-order valence-electron chi connectivity index (χ0n) is 17.0. The van der Waals surface area contributed by atoms with Crippen LogP contribution >= 0.6 is 0 Å². The van der Waals surface area contributed by atoms with Gasteiger partial charge in [-0.1, -0.05) is 25.1 Å². The number of rotatable bonds is 5. The number of furan rings is 1. The predicted octanol–water partition coefficient (Wildman–Crippen LogP) is 5.62. The Hall–Kier alpha value is -2.95.